The number of methoxy groups -OCH3 is 1. The molecule has 0 N–H and O–H groups in total. The number of hydrogen-bond acceptors (Lipinski definition) is 3. The lowest BCUT2D eigenvalue weighted by molar-refractivity contribution is -0.139. The number of esters is 1. The van der Waals surface area contributed by atoms with E-state index in [1.807, 2.05) is 6.08 Å². The second-order valence-electron chi connectivity index (χ2n) is 4.02. The largest absolute Gasteiger partial charge is 0.497 e. The van der Waals surface area contributed by atoms with E-state index < -0.39 is 0 Å². The Hall–Kier alpha value is -1.25. The van der Waals surface area contributed by atoms with Crippen LogP contribution in [-0.2, 0) is 14.3 Å². The van der Waals surface area contributed by atoms with Crippen LogP contribution in [0.3, 0.4) is 0 Å². The van der Waals surface area contributed by atoms with Crippen LogP contribution in [0.1, 0.15) is 32.1 Å². The van der Waals surface area contributed by atoms with Gasteiger partial charge in [-0.25, -0.2) is 0 Å². The zero-order chi connectivity index (χ0) is 10.7. The summed E-state index contributed by atoms with van der Waals surface area (Å²) < 4.78 is 10.5. The Morgan fingerprint density at radius 1 is 1.40 bits per heavy atom. The summed E-state index contributed by atoms with van der Waals surface area (Å²) in [6.45, 7) is 0. The van der Waals surface area contributed by atoms with E-state index >= 15 is 0 Å². The highest BCUT2D eigenvalue weighted by molar-refractivity contribution is 5.73. The van der Waals surface area contributed by atoms with E-state index in [1.165, 1.54) is 12.8 Å². The topological polar surface area (TPSA) is 35.5 Å². The number of ether oxygens (including phenoxy) is 2. The molecule has 3 nitrogen and oxygen atoms in total. The maximum Gasteiger partial charge on any atom is 0.314 e. The van der Waals surface area contributed by atoms with Crippen LogP contribution in [0.25, 0.3) is 0 Å². The molecule has 0 unspecified atom stereocenters. The van der Waals surface area contributed by atoms with E-state index in [0.717, 1.165) is 24.4 Å². The highest BCUT2D eigenvalue weighted by atomic mass is 16.5. The van der Waals surface area contributed by atoms with E-state index in [9.17, 15) is 4.79 Å². The molecular weight excluding hydrogens is 192 g/mol. The lowest BCUT2D eigenvalue weighted by Crippen LogP contribution is -2.08. The van der Waals surface area contributed by atoms with Gasteiger partial charge in [0.15, 0.2) is 0 Å². The van der Waals surface area contributed by atoms with E-state index in [0.29, 0.717) is 12.3 Å². The van der Waals surface area contributed by atoms with Gasteiger partial charge < -0.3 is 9.47 Å². The minimum absolute atomic E-state index is 0.180. The van der Waals surface area contributed by atoms with Gasteiger partial charge in [-0.15, -0.1) is 0 Å². The third kappa shape index (κ3) is 2.41. The summed E-state index contributed by atoms with van der Waals surface area (Å²) in [5, 5.41) is 0. The van der Waals surface area contributed by atoms with Crippen molar-refractivity contribution >= 4 is 5.97 Å². The third-order valence-corrected chi connectivity index (χ3v) is 2.98. The fraction of sp³-hybridized carbons (Fsp3) is 0.583. The molecule has 0 aromatic heterocycles. The minimum atomic E-state index is -0.180. The monoisotopic (exact) mass is 208 g/mol. The van der Waals surface area contributed by atoms with E-state index in [2.05, 4.69) is 0 Å². The zero-order valence-corrected chi connectivity index (χ0v) is 8.99. The zero-order valence-electron chi connectivity index (χ0n) is 8.99. The minimum Gasteiger partial charge on any atom is -0.497 e. The molecule has 1 heterocycles. The van der Waals surface area contributed by atoms with Crippen LogP contribution in [0, 0.1) is 5.92 Å². The molecule has 0 aromatic carbocycles. The van der Waals surface area contributed by atoms with Crippen LogP contribution < -0.4 is 0 Å². The maximum atomic E-state index is 11.3. The highest BCUT2D eigenvalue weighted by Crippen LogP contribution is 2.33. The summed E-state index contributed by atoms with van der Waals surface area (Å²) >= 11 is 0. The second-order valence-corrected chi connectivity index (χ2v) is 4.02. The van der Waals surface area contributed by atoms with E-state index in [-0.39, 0.29) is 5.97 Å². The van der Waals surface area contributed by atoms with Crippen LogP contribution in [0.4, 0.5) is 0 Å². The van der Waals surface area contributed by atoms with Crippen LogP contribution in [0.15, 0.2) is 23.7 Å². The van der Waals surface area contributed by atoms with Crippen molar-refractivity contribution in [2.45, 2.75) is 32.1 Å². The molecule has 0 atom stereocenters. The van der Waals surface area contributed by atoms with Gasteiger partial charge in [-0.1, -0.05) is 12.8 Å². The van der Waals surface area contributed by atoms with Crippen molar-refractivity contribution in [2.24, 2.45) is 5.92 Å². The first kappa shape index (κ1) is 10.3. The van der Waals surface area contributed by atoms with Crippen molar-refractivity contribution in [3.05, 3.63) is 23.7 Å². The molecule has 3 heteroatoms. The average molecular weight is 208 g/mol. The summed E-state index contributed by atoms with van der Waals surface area (Å²) in [5.74, 6) is 1.76. The molecular formula is C12H16O3. The molecule has 82 valence electrons. The number of carbonyl (C=O) groups is 1. The van der Waals surface area contributed by atoms with Crippen molar-refractivity contribution in [3.63, 3.8) is 0 Å². The van der Waals surface area contributed by atoms with Gasteiger partial charge in [-0.3, -0.25) is 4.79 Å². The van der Waals surface area contributed by atoms with Crippen molar-refractivity contribution in [1.82, 2.24) is 0 Å². The number of rotatable bonds is 2. The molecule has 0 bridgehead atoms. The summed E-state index contributed by atoms with van der Waals surface area (Å²) in [7, 11) is 1.62. The quantitative estimate of drug-likeness (QED) is 0.654. The fourth-order valence-corrected chi connectivity index (χ4v) is 2.14. The molecule has 1 saturated carbocycles. The van der Waals surface area contributed by atoms with E-state index in [4.69, 9.17) is 9.47 Å². The number of allylic oxidation sites excluding steroid dienone is 2. The van der Waals surface area contributed by atoms with Crippen molar-refractivity contribution < 1.29 is 14.3 Å². The molecule has 2 rings (SSSR count). The van der Waals surface area contributed by atoms with Gasteiger partial charge in [0.2, 0.25) is 0 Å². The van der Waals surface area contributed by atoms with E-state index in [1.54, 1.807) is 13.2 Å². The molecule has 1 aliphatic heterocycles. The van der Waals surface area contributed by atoms with Crippen molar-refractivity contribution in [3.8, 4) is 0 Å². The second kappa shape index (κ2) is 4.51. The summed E-state index contributed by atoms with van der Waals surface area (Å²) in [4.78, 5) is 11.3. The molecule has 0 spiro atoms. The third-order valence-electron chi connectivity index (χ3n) is 2.98. The Morgan fingerprint density at radius 2 is 2.13 bits per heavy atom. The van der Waals surface area contributed by atoms with Crippen LogP contribution in [0.5, 0.6) is 0 Å². The smallest absolute Gasteiger partial charge is 0.314 e. The number of cyclic esters (lactones) is 1. The normalized spacial score (nSPS) is 22.9. The highest BCUT2D eigenvalue weighted by Gasteiger charge is 2.24. The molecule has 15 heavy (non-hydrogen) atoms. The van der Waals surface area contributed by atoms with Gasteiger partial charge in [-0.2, -0.15) is 0 Å². The number of carbonyl (C=O) groups excluding carboxylic acids is 1. The first-order valence-corrected chi connectivity index (χ1v) is 5.46. The Balaban J connectivity index is 2.16. The summed E-state index contributed by atoms with van der Waals surface area (Å²) in [5.41, 5.74) is 0. The predicted octanol–water partition coefficient (Wildman–Crippen LogP) is 2.54. The Morgan fingerprint density at radius 3 is 2.80 bits per heavy atom. The average Bonchev–Trinajstić information content (AvgIpc) is 2.69. The Bertz CT molecular complexity index is 309. The van der Waals surface area contributed by atoms with Crippen LogP contribution >= 0.6 is 0 Å². The van der Waals surface area contributed by atoms with Gasteiger partial charge in [-0.05, 0) is 18.9 Å². The van der Waals surface area contributed by atoms with Gasteiger partial charge >= 0.3 is 5.97 Å². The standard InChI is InChI=1S/C12H16O3/c1-14-10-6-7-12(13)15-11(8-10)9-4-2-3-5-9/h6,8-9H,2-5,7H2,1H3. The Kier molecular flexibility index (Phi) is 3.09. The van der Waals surface area contributed by atoms with Gasteiger partial charge in [0.05, 0.1) is 13.5 Å². The summed E-state index contributed by atoms with van der Waals surface area (Å²) in [6, 6.07) is 0. The fourth-order valence-electron chi connectivity index (χ4n) is 2.14. The molecule has 1 fully saturated rings. The lowest BCUT2D eigenvalue weighted by atomic mass is 10.1. The molecule has 2 aliphatic rings. The van der Waals surface area contributed by atoms with Crippen molar-refractivity contribution in [1.29, 1.82) is 0 Å². The van der Waals surface area contributed by atoms with Gasteiger partial charge in [0.1, 0.15) is 11.5 Å². The SMILES string of the molecule is COC1=CCC(=O)OC(C2CCCC2)=C1. The van der Waals surface area contributed by atoms with Gasteiger partial charge in [0, 0.05) is 12.0 Å². The van der Waals surface area contributed by atoms with Gasteiger partial charge in [0.25, 0.3) is 0 Å². The predicted molar refractivity (Wildman–Crippen MR) is 55.8 cm³/mol. The first-order valence-electron chi connectivity index (χ1n) is 5.46. The lowest BCUT2D eigenvalue weighted by Gasteiger charge is -2.13. The van der Waals surface area contributed by atoms with Crippen LogP contribution in [-0.4, -0.2) is 13.1 Å². The first-order chi connectivity index (χ1) is 7.29. The maximum absolute atomic E-state index is 11.3. The molecule has 1 aliphatic carbocycles. The molecule has 0 radical (unpaired) electrons. The summed E-state index contributed by atoms with van der Waals surface area (Å²) in [6.07, 6.45) is 8.63. The Labute approximate surface area is 89.8 Å². The number of hydrogen-bond donors (Lipinski definition) is 0. The van der Waals surface area contributed by atoms with Crippen LogP contribution in [0.2, 0.25) is 0 Å². The van der Waals surface area contributed by atoms with Crippen molar-refractivity contribution in [2.75, 3.05) is 7.11 Å². The molecule has 0 amide bonds. The molecule has 0 aromatic rings. The molecule has 0 saturated heterocycles.